The van der Waals surface area contributed by atoms with Crippen LogP contribution in [-0.2, 0) is 4.79 Å². The minimum absolute atomic E-state index is 0.0764. The highest BCUT2D eigenvalue weighted by Crippen LogP contribution is 2.19. The molecule has 0 saturated heterocycles. The van der Waals surface area contributed by atoms with Crippen LogP contribution in [0.3, 0.4) is 0 Å². The maximum Gasteiger partial charge on any atom is 0.251 e. The van der Waals surface area contributed by atoms with E-state index < -0.39 is 0 Å². The summed E-state index contributed by atoms with van der Waals surface area (Å²) in [4.78, 5) is 27.4. The normalized spacial score (nSPS) is 11.7. The smallest absolute Gasteiger partial charge is 0.251 e. The predicted molar refractivity (Wildman–Crippen MR) is 83.4 cm³/mol. The molecule has 5 nitrogen and oxygen atoms in total. The Morgan fingerprint density at radius 2 is 2.00 bits per heavy atom. The Morgan fingerprint density at radius 1 is 1.29 bits per heavy atom. The Hall–Kier alpha value is -2.21. The molecule has 1 aromatic carbocycles. The number of amides is 2. The van der Waals surface area contributed by atoms with Gasteiger partial charge in [0.2, 0.25) is 5.91 Å². The van der Waals surface area contributed by atoms with E-state index in [0.29, 0.717) is 11.3 Å². The second-order valence-electron chi connectivity index (χ2n) is 4.56. The van der Waals surface area contributed by atoms with Crippen LogP contribution in [0.2, 0.25) is 0 Å². The molecular weight excluding hydrogens is 286 g/mol. The number of carbonyl (C=O) groups excluding carboxylic acids is 2. The van der Waals surface area contributed by atoms with Crippen LogP contribution >= 0.6 is 11.3 Å². The molecule has 21 heavy (non-hydrogen) atoms. The Kier molecular flexibility index (Phi) is 5.05. The second-order valence-corrected chi connectivity index (χ2v) is 5.49. The lowest BCUT2D eigenvalue weighted by molar-refractivity contribution is -0.114. The molecule has 2 amide bonds. The molecule has 0 unspecified atom stereocenters. The Labute approximate surface area is 127 Å². The number of benzene rings is 1. The third-order valence-electron chi connectivity index (χ3n) is 2.93. The molecule has 2 rings (SSSR count). The zero-order valence-electron chi connectivity index (χ0n) is 11.9. The molecule has 1 heterocycles. The van der Waals surface area contributed by atoms with Crippen LogP contribution in [-0.4, -0.2) is 16.8 Å². The standard InChI is InChI=1S/C15H17N3O2S/c1-3-13(15-16-8-9-21-15)18-14(20)11-4-6-12(7-5-11)17-10(2)19/h4-9,13H,3H2,1-2H3,(H,17,19)(H,18,20)/t13-/m0/s1. The van der Waals surface area contributed by atoms with Crippen LogP contribution in [0.5, 0.6) is 0 Å². The number of nitrogens with zero attached hydrogens (tertiary/aromatic N) is 1. The van der Waals surface area contributed by atoms with Crippen molar-refractivity contribution in [1.29, 1.82) is 0 Å². The average molecular weight is 303 g/mol. The van der Waals surface area contributed by atoms with E-state index in [0.717, 1.165) is 11.4 Å². The monoisotopic (exact) mass is 303 g/mol. The van der Waals surface area contributed by atoms with Crippen molar-refractivity contribution in [3.8, 4) is 0 Å². The molecule has 0 radical (unpaired) electrons. The molecule has 6 heteroatoms. The second kappa shape index (κ2) is 6.99. The van der Waals surface area contributed by atoms with Crippen LogP contribution in [0.25, 0.3) is 0 Å². The van der Waals surface area contributed by atoms with Gasteiger partial charge in [0.1, 0.15) is 5.01 Å². The SMILES string of the molecule is CC[C@H](NC(=O)c1ccc(NC(C)=O)cc1)c1nccs1. The van der Waals surface area contributed by atoms with Gasteiger partial charge < -0.3 is 10.6 Å². The fourth-order valence-electron chi connectivity index (χ4n) is 1.89. The van der Waals surface area contributed by atoms with Gasteiger partial charge in [-0.3, -0.25) is 9.59 Å². The summed E-state index contributed by atoms with van der Waals surface area (Å²) in [6.45, 7) is 3.45. The molecule has 1 aromatic heterocycles. The Morgan fingerprint density at radius 3 is 2.52 bits per heavy atom. The van der Waals surface area contributed by atoms with E-state index in [-0.39, 0.29) is 17.9 Å². The van der Waals surface area contributed by atoms with Gasteiger partial charge >= 0.3 is 0 Å². The number of hydrogen-bond acceptors (Lipinski definition) is 4. The van der Waals surface area contributed by atoms with E-state index in [1.54, 1.807) is 30.5 Å². The molecule has 0 saturated carbocycles. The van der Waals surface area contributed by atoms with Crippen LogP contribution in [0.4, 0.5) is 5.69 Å². The quantitative estimate of drug-likeness (QED) is 0.892. The third kappa shape index (κ3) is 4.13. The first-order chi connectivity index (χ1) is 10.1. The Balaban J connectivity index is 2.04. The minimum atomic E-state index is -0.147. The molecule has 2 aromatic rings. The first-order valence-electron chi connectivity index (χ1n) is 6.68. The van der Waals surface area contributed by atoms with E-state index in [1.807, 2.05) is 12.3 Å². The molecule has 0 bridgehead atoms. The van der Waals surface area contributed by atoms with Gasteiger partial charge in [-0.2, -0.15) is 0 Å². The number of aromatic nitrogens is 1. The van der Waals surface area contributed by atoms with Crippen LogP contribution in [0.15, 0.2) is 35.8 Å². The number of nitrogens with one attached hydrogen (secondary N) is 2. The third-order valence-corrected chi connectivity index (χ3v) is 3.82. The number of anilines is 1. The van der Waals surface area contributed by atoms with Crippen LogP contribution in [0.1, 0.15) is 41.7 Å². The first-order valence-corrected chi connectivity index (χ1v) is 7.56. The molecular formula is C15H17N3O2S. The summed E-state index contributed by atoms with van der Waals surface area (Å²) in [6.07, 6.45) is 2.51. The van der Waals surface area contributed by atoms with Crippen molar-refractivity contribution in [3.05, 3.63) is 46.4 Å². The molecule has 1 atom stereocenters. The Bertz CT molecular complexity index is 608. The summed E-state index contributed by atoms with van der Waals surface area (Å²) in [5.74, 6) is -0.284. The highest BCUT2D eigenvalue weighted by Gasteiger charge is 2.16. The van der Waals surface area contributed by atoms with Gasteiger partial charge in [-0.15, -0.1) is 11.3 Å². The summed E-state index contributed by atoms with van der Waals surface area (Å²) >= 11 is 1.53. The minimum Gasteiger partial charge on any atom is -0.343 e. The number of thiazole rings is 1. The van der Waals surface area contributed by atoms with Crippen molar-refractivity contribution in [2.45, 2.75) is 26.3 Å². The zero-order chi connectivity index (χ0) is 15.2. The molecule has 0 spiro atoms. The van der Waals surface area contributed by atoms with Gasteiger partial charge in [0.05, 0.1) is 6.04 Å². The van der Waals surface area contributed by atoms with E-state index in [9.17, 15) is 9.59 Å². The van der Waals surface area contributed by atoms with Gasteiger partial charge in [0.25, 0.3) is 5.91 Å². The van der Waals surface area contributed by atoms with Crippen molar-refractivity contribution in [2.24, 2.45) is 0 Å². The first kappa shape index (κ1) is 15.2. The van der Waals surface area contributed by atoms with Crippen molar-refractivity contribution in [2.75, 3.05) is 5.32 Å². The molecule has 110 valence electrons. The number of rotatable bonds is 5. The van der Waals surface area contributed by atoms with E-state index >= 15 is 0 Å². The highest BCUT2D eigenvalue weighted by molar-refractivity contribution is 7.09. The molecule has 0 aliphatic rings. The van der Waals surface area contributed by atoms with Crippen molar-refractivity contribution < 1.29 is 9.59 Å². The summed E-state index contributed by atoms with van der Waals surface area (Å²) in [7, 11) is 0. The average Bonchev–Trinajstić information content (AvgIpc) is 2.98. The summed E-state index contributed by atoms with van der Waals surface area (Å²) in [5, 5.41) is 8.43. The van der Waals surface area contributed by atoms with E-state index in [1.165, 1.54) is 18.3 Å². The van der Waals surface area contributed by atoms with Crippen molar-refractivity contribution in [3.63, 3.8) is 0 Å². The topological polar surface area (TPSA) is 71.1 Å². The summed E-state index contributed by atoms with van der Waals surface area (Å²) in [6, 6.07) is 6.72. The van der Waals surface area contributed by atoms with Crippen LogP contribution in [0, 0.1) is 0 Å². The fourth-order valence-corrected chi connectivity index (χ4v) is 2.67. The van der Waals surface area contributed by atoms with Gasteiger partial charge in [-0.1, -0.05) is 6.92 Å². The maximum atomic E-state index is 12.2. The largest absolute Gasteiger partial charge is 0.343 e. The van der Waals surface area contributed by atoms with Crippen LogP contribution < -0.4 is 10.6 Å². The van der Waals surface area contributed by atoms with Gasteiger partial charge in [0, 0.05) is 29.8 Å². The lowest BCUT2D eigenvalue weighted by atomic mass is 10.1. The molecule has 0 aliphatic heterocycles. The highest BCUT2D eigenvalue weighted by atomic mass is 32.1. The zero-order valence-corrected chi connectivity index (χ0v) is 12.7. The molecule has 0 fully saturated rings. The summed E-state index contributed by atoms with van der Waals surface area (Å²) in [5.41, 5.74) is 1.23. The van der Waals surface area contributed by atoms with Crippen molar-refractivity contribution >= 4 is 28.8 Å². The molecule has 2 N–H and O–H groups in total. The lowest BCUT2D eigenvalue weighted by Gasteiger charge is -2.14. The lowest BCUT2D eigenvalue weighted by Crippen LogP contribution is -2.28. The molecule has 0 aliphatic carbocycles. The number of hydrogen-bond donors (Lipinski definition) is 2. The van der Waals surface area contributed by atoms with Gasteiger partial charge in [0.15, 0.2) is 0 Å². The van der Waals surface area contributed by atoms with E-state index in [4.69, 9.17) is 0 Å². The van der Waals surface area contributed by atoms with Gasteiger partial charge in [-0.25, -0.2) is 4.98 Å². The fraction of sp³-hybridized carbons (Fsp3) is 0.267. The van der Waals surface area contributed by atoms with Crippen molar-refractivity contribution in [1.82, 2.24) is 10.3 Å². The maximum absolute atomic E-state index is 12.2. The van der Waals surface area contributed by atoms with Gasteiger partial charge in [-0.05, 0) is 30.7 Å². The summed E-state index contributed by atoms with van der Waals surface area (Å²) < 4.78 is 0. The number of carbonyl (C=O) groups is 2. The van der Waals surface area contributed by atoms with E-state index in [2.05, 4.69) is 15.6 Å². The predicted octanol–water partition coefficient (Wildman–Crippen LogP) is 2.98.